The summed E-state index contributed by atoms with van der Waals surface area (Å²) in [5.41, 5.74) is -0.0626. The van der Waals surface area contributed by atoms with Crippen LogP contribution in [0.15, 0.2) is 12.1 Å². The number of ether oxygens (including phenoxy) is 1. The number of methoxy groups -OCH3 is 1. The first-order valence-electron chi connectivity index (χ1n) is 4.08. The maximum atomic E-state index is 13.2. The Kier molecular flexibility index (Phi) is 3.41. The molecule has 0 saturated carbocycles. The number of nitrogens with zero attached hydrogens (tertiary/aromatic N) is 1. The molecule has 0 aliphatic heterocycles. The third kappa shape index (κ3) is 2.19. The number of nitriles is 1. The van der Waals surface area contributed by atoms with Crippen molar-refractivity contribution in [2.24, 2.45) is 0 Å². The Labute approximate surface area is 80.7 Å². The molecule has 0 bridgehead atoms. The molecule has 0 aliphatic carbocycles. The summed E-state index contributed by atoms with van der Waals surface area (Å²) in [5, 5.41) is 8.29. The van der Waals surface area contributed by atoms with Crippen LogP contribution in [0.4, 0.5) is 8.78 Å². The second-order valence-corrected chi connectivity index (χ2v) is 2.73. The fraction of sp³-hybridized carbons (Fsp3) is 0.300. The average molecular weight is 197 g/mol. The molecule has 2 nitrogen and oxygen atoms in total. The molecule has 0 unspecified atom stereocenters. The maximum Gasteiger partial charge on any atom is 0.133 e. The van der Waals surface area contributed by atoms with Crippen molar-refractivity contribution < 1.29 is 13.5 Å². The Morgan fingerprint density at radius 1 is 1.36 bits per heavy atom. The highest BCUT2D eigenvalue weighted by Crippen LogP contribution is 2.21. The van der Waals surface area contributed by atoms with E-state index in [0.717, 1.165) is 12.1 Å². The lowest BCUT2D eigenvalue weighted by molar-refractivity contribution is 0.405. The fourth-order valence-corrected chi connectivity index (χ4v) is 1.12. The minimum atomic E-state index is -0.669. The molecular formula is C10H9F2NO. The summed E-state index contributed by atoms with van der Waals surface area (Å²) in [6.07, 6.45) is 0.179. The molecule has 0 heterocycles. The van der Waals surface area contributed by atoms with Crippen LogP contribution in [-0.4, -0.2) is 7.11 Å². The Morgan fingerprint density at radius 2 is 1.93 bits per heavy atom. The van der Waals surface area contributed by atoms with Crippen molar-refractivity contribution in [3.8, 4) is 11.8 Å². The van der Waals surface area contributed by atoms with Crippen molar-refractivity contribution in [2.45, 2.75) is 12.8 Å². The molecule has 1 rings (SSSR count). The topological polar surface area (TPSA) is 33.0 Å². The van der Waals surface area contributed by atoms with Gasteiger partial charge in [0.25, 0.3) is 0 Å². The van der Waals surface area contributed by atoms with Crippen molar-refractivity contribution in [1.82, 2.24) is 0 Å². The van der Waals surface area contributed by atoms with Crippen molar-refractivity contribution in [3.63, 3.8) is 0 Å². The summed E-state index contributed by atoms with van der Waals surface area (Å²) in [6.45, 7) is 0. The van der Waals surface area contributed by atoms with E-state index in [0.29, 0.717) is 0 Å². The SMILES string of the molecule is COc1cc(F)c(CCC#N)c(F)c1. The molecule has 0 fully saturated rings. The zero-order chi connectivity index (χ0) is 10.6. The monoisotopic (exact) mass is 197 g/mol. The number of rotatable bonds is 3. The van der Waals surface area contributed by atoms with Gasteiger partial charge in [0.1, 0.15) is 17.4 Å². The van der Waals surface area contributed by atoms with Crippen LogP contribution in [0.25, 0.3) is 0 Å². The molecule has 14 heavy (non-hydrogen) atoms. The van der Waals surface area contributed by atoms with E-state index < -0.39 is 11.6 Å². The number of halogens is 2. The van der Waals surface area contributed by atoms with Gasteiger partial charge in [-0.3, -0.25) is 0 Å². The predicted molar refractivity (Wildman–Crippen MR) is 46.8 cm³/mol. The van der Waals surface area contributed by atoms with Gasteiger partial charge < -0.3 is 4.74 Å². The Hall–Kier alpha value is -1.63. The van der Waals surface area contributed by atoms with Gasteiger partial charge >= 0.3 is 0 Å². The van der Waals surface area contributed by atoms with Crippen molar-refractivity contribution in [2.75, 3.05) is 7.11 Å². The summed E-state index contributed by atoms with van der Waals surface area (Å²) in [4.78, 5) is 0. The fourth-order valence-electron chi connectivity index (χ4n) is 1.12. The number of benzene rings is 1. The van der Waals surface area contributed by atoms with Crippen LogP contribution in [0, 0.1) is 23.0 Å². The van der Waals surface area contributed by atoms with E-state index in [4.69, 9.17) is 10.00 Å². The van der Waals surface area contributed by atoms with Gasteiger partial charge in [-0.05, 0) is 6.42 Å². The molecule has 0 N–H and O–H groups in total. The zero-order valence-corrected chi connectivity index (χ0v) is 7.68. The Balaban J connectivity index is 3.00. The van der Waals surface area contributed by atoms with E-state index in [9.17, 15) is 8.78 Å². The largest absolute Gasteiger partial charge is 0.497 e. The third-order valence-electron chi connectivity index (χ3n) is 1.84. The first-order chi connectivity index (χ1) is 6.69. The summed E-state index contributed by atoms with van der Waals surface area (Å²) in [7, 11) is 1.34. The molecular weight excluding hydrogens is 188 g/mol. The highest BCUT2D eigenvalue weighted by molar-refractivity contribution is 5.30. The van der Waals surface area contributed by atoms with Crippen LogP contribution in [0.1, 0.15) is 12.0 Å². The highest BCUT2D eigenvalue weighted by atomic mass is 19.1. The highest BCUT2D eigenvalue weighted by Gasteiger charge is 2.10. The molecule has 4 heteroatoms. The van der Waals surface area contributed by atoms with Crippen LogP contribution in [0.3, 0.4) is 0 Å². The Morgan fingerprint density at radius 3 is 2.36 bits per heavy atom. The van der Waals surface area contributed by atoms with Gasteiger partial charge in [0.15, 0.2) is 0 Å². The molecule has 0 saturated heterocycles. The number of hydrogen-bond acceptors (Lipinski definition) is 2. The second kappa shape index (κ2) is 4.56. The molecule has 0 aliphatic rings. The van der Waals surface area contributed by atoms with Gasteiger partial charge in [-0.25, -0.2) is 8.78 Å². The molecule has 0 atom stereocenters. The lowest BCUT2D eigenvalue weighted by atomic mass is 10.1. The van der Waals surface area contributed by atoms with E-state index in [1.54, 1.807) is 0 Å². The van der Waals surface area contributed by atoms with Crippen molar-refractivity contribution in [3.05, 3.63) is 29.3 Å². The zero-order valence-electron chi connectivity index (χ0n) is 7.68. The van der Waals surface area contributed by atoms with E-state index in [1.807, 2.05) is 6.07 Å². The van der Waals surface area contributed by atoms with Crippen LogP contribution in [0.5, 0.6) is 5.75 Å². The smallest absolute Gasteiger partial charge is 0.133 e. The Bertz CT molecular complexity index is 348. The van der Waals surface area contributed by atoms with E-state index >= 15 is 0 Å². The van der Waals surface area contributed by atoms with E-state index in [1.165, 1.54) is 7.11 Å². The van der Waals surface area contributed by atoms with Gasteiger partial charge in [-0.2, -0.15) is 5.26 Å². The first-order valence-corrected chi connectivity index (χ1v) is 4.08. The van der Waals surface area contributed by atoms with Gasteiger partial charge in [-0.15, -0.1) is 0 Å². The van der Waals surface area contributed by atoms with Crippen LogP contribution in [-0.2, 0) is 6.42 Å². The molecule has 1 aromatic carbocycles. The van der Waals surface area contributed by atoms with Gasteiger partial charge in [0.05, 0.1) is 13.2 Å². The minimum absolute atomic E-state index is 0.0626. The lowest BCUT2D eigenvalue weighted by Gasteiger charge is -2.05. The summed E-state index contributed by atoms with van der Waals surface area (Å²) < 4.78 is 31.1. The quantitative estimate of drug-likeness (QED) is 0.745. The predicted octanol–water partition coefficient (Wildman–Crippen LogP) is 2.43. The lowest BCUT2D eigenvalue weighted by Crippen LogP contribution is -1.97. The van der Waals surface area contributed by atoms with E-state index in [2.05, 4.69) is 0 Å². The van der Waals surface area contributed by atoms with Crippen molar-refractivity contribution in [1.29, 1.82) is 5.26 Å². The van der Waals surface area contributed by atoms with Crippen LogP contribution < -0.4 is 4.74 Å². The van der Waals surface area contributed by atoms with E-state index in [-0.39, 0.29) is 24.2 Å². The van der Waals surface area contributed by atoms with Gasteiger partial charge in [-0.1, -0.05) is 0 Å². The summed E-state index contributed by atoms with van der Waals surface area (Å²) in [5.74, 6) is -1.20. The summed E-state index contributed by atoms with van der Waals surface area (Å²) in [6, 6.07) is 4.05. The first kappa shape index (κ1) is 10.5. The molecule has 0 spiro atoms. The number of hydrogen-bond donors (Lipinski definition) is 0. The molecule has 1 aromatic rings. The minimum Gasteiger partial charge on any atom is -0.497 e. The molecule has 74 valence electrons. The average Bonchev–Trinajstić information content (AvgIpc) is 2.16. The molecule has 0 radical (unpaired) electrons. The molecule has 0 aromatic heterocycles. The second-order valence-electron chi connectivity index (χ2n) is 2.73. The molecule has 0 amide bonds. The normalized spacial score (nSPS) is 9.57. The van der Waals surface area contributed by atoms with Gasteiger partial charge in [0.2, 0.25) is 0 Å². The maximum absolute atomic E-state index is 13.2. The van der Waals surface area contributed by atoms with Gasteiger partial charge in [0, 0.05) is 24.1 Å². The van der Waals surface area contributed by atoms with Crippen molar-refractivity contribution >= 4 is 0 Å². The third-order valence-corrected chi connectivity index (χ3v) is 1.84. The van der Waals surface area contributed by atoms with Crippen LogP contribution in [0.2, 0.25) is 0 Å². The summed E-state index contributed by atoms with van der Waals surface area (Å²) >= 11 is 0. The standard InChI is InChI=1S/C10H9F2NO/c1-14-7-5-9(11)8(3-2-4-13)10(12)6-7/h5-6H,2-3H2,1H3. The van der Waals surface area contributed by atoms with Crippen LogP contribution >= 0.6 is 0 Å².